The number of rotatable bonds is 6. The van der Waals surface area contributed by atoms with Gasteiger partial charge < -0.3 is 11.1 Å². The van der Waals surface area contributed by atoms with E-state index in [9.17, 15) is 4.79 Å². The standard InChI is InChI=1S/C16H28N4O/c1-3-14-9-15(20(4-2)19-14)16(21)18-11-13-8-6-5-7-12(13)10-17/h9,12-13H,3-8,10-11,17H2,1-2H3,(H,18,21). The van der Waals surface area contributed by atoms with Crippen LogP contribution >= 0.6 is 0 Å². The molecule has 0 spiro atoms. The molecule has 21 heavy (non-hydrogen) atoms. The monoisotopic (exact) mass is 292 g/mol. The Hall–Kier alpha value is -1.36. The van der Waals surface area contributed by atoms with E-state index in [2.05, 4.69) is 17.3 Å². The maximum Gasteiger partial charge on any atom is 0.269 e. The van der Waals surface area contributed by atoms with Gasteiger partial charge in [0.05, 0.1) is 5.69 Å². The normalized spacial score (nSPS) is 22.2. The van der Waals surface area contributed by atoms with Crippen molar-refractivity contribution in [2.75, 3.05) is 13.1 Å². The molecule has 1 heterocycles. The number of carbonyl (C=O) groups excluding carboxylic acids is 1. The molecule has 1 aliphatic carbocycles. The molecule has 0 saturated heterocycles. The summed E-state index contributed by atoms with van der Waals surface area (Å²) in [6.45, 7) is 6.24. The minimum absolute atomic E-state index is 0.00889. The van der Waals surface area contributed by atoms with E-state index in [-0.39, 0.29) is 5.91 Å². The van der Waals surface area contributed by atoms with Gasteiger partial charge in [-0.15, -0.1) is 0 Å². The largest absolute Gasteiger partial charge is 0.350 e. The van der Waals surface area contributed by atoms with Crippen LogP contribution in [0.5, 0.6) is 0 Å². The zero-order chi connectivity index (χ0) is 15.2. The van der Waals surface area contributed by atoms with Gasteiger partial charge in [0.1, 0.15) is 5.69 Å². The first kappa shape index (κ1) is 16.0. The summed E-state index contributed by atoms with van der Waals surface area (Å²) in [6, 6.07) is 1.90. The topological polar surface area (TPSA) is 72.9 Å². The molecule has 1 amide bonds. The Kier molecular flexibility index (Phi) is 5.79. The van der Waals surface area contributed by atoms with Crippen molar-refractivity contribution in [1.82, 2.24) is 15.1 Å². The molecule has 0 radical (unpaired) electrons. The smallest absolute Gasteiger partial charge is 0.269 e. The number of aryl methyl sites for hydroxylation is 2. The molecule has 3 N–H and O–H groups in total. The van der Waals surface area contributed by atoms with Crippen LogP contribution in [-0.4, -0.2) is 28.8 Å². The fourth-order valence-corrected chi connectivity index (χ4v) is 3.24. The molecule has 2 atom stereocenters. The zero-order valence-electron chi connectivity index (χ0n) is 13.3. The summed E-state index contributed by atoms with van der Waals surface area (Å²) < 4.78 is 1.79. The van der Waals surface area contributed by atoms with Crippen molar-refractivity contribution in [2.45, 2.75) is 52.5 Å². The fraction of sp³-hybridized carbons (Fsp3) is 0.750. The van der Waals surface area contributed by atoms with E-state index in [0.717, 1.165) is 31.7 Å². The molecule has 0 aromatic carbocycles. The Morgan fingerprint density at radius 1 is 1.38 bits per heavy atom. The quantitative estimate of drug-likeness (QED) is 0.842. The van der Waals surface area contributed by atoms with Crippen LogP contribution in [0.25, 0.3) is 0 Å². The summed E-state index contributed by atoms with van der Waals surface area (Å²) in [5.74, 6) is 1.07. The van der Waals surface area contributed by atoms with Crippen LogP contribution in [0.2, 0.25) is 0 Å². The van der Waals surface area contributed by atoms with E-state index in [0.29, 0.717) is 17.5 Å². The van der Waals surface area contributed by atoms with E-state index in [4.69, 9.17) is 5.73 Å². The van der Waals surface area contributed by atoms with Crippen molar-refractivity contribution in [2.24, 2.45) is 17.6 Å². The highest BCUT2D eigenvalue weighted by Gasteiger charge is 2.25. The predicted octanol–water partition coefficient (Wildman–Crippen LogP) is 1.96. The first-order chi connectivity index (χ1) is 10.2. The SMILES string of the molecule is CCc1cc(C(=O)NCC2CCCCC2CN)n(CC)n1. The number of aromatic nitrogens is 2. The Morgan fingerprint density at radius 2 is 2.10 bits per heavy atom. The first-order valence-corrected chi connectivity index (χ1v) is 8.24. The lowest BCUT2D eigenvalue weighted by Crippen LogP contribution is -2.37. The maximum atomic E-state index is 12.4. The minimum atomic E-state index is -0.00889. The number of nitrogens with two attached hydrogens (primary N) is 1. The van der Waals surface area contributed by atoms with Gasteiger partial charge in [-0.05, 0) is 50.6 Å². The number of hydrogen-bond acceptors (Lipinski definition) is 3. The van der Waals surface area contributed by atoms with Crippen LogP contribution in [-0.2, 0) is 13.0 Å². The predicted molar refractivity (Wildman–Crippen MR) is 84.1 cm³/mol. The van der Waals surface area contributed by atoms with Crippen LogP contribution < -0.4 is 11.1 Å². The summed E-state index contributed by atoms with van der Waals surface area (Å²) in [5.41, 5.74) is 7.50. The molecule has 118 valence electrons. The molecule has 1 saturated carbocycles. The van der Waals surface area contributed by atoms with Crippen LogP contribution in [0.15, 0.2) is 6.07 Å². The Labute approximate surface area is 127 Å². The Bertz CT molecular complexity index is 469. The van der Waals surface area contributed by atoms with Gasteiger partial charge in [-0.25, -0.2) is 0 Å². The summed E-state index contributed by atoms with van der Waals surface area (Å²) >= 11 is 0. The van der Waals surface area contributed by atoms with Crippen molar-refractivity contribution < 1.29 is 4.79 Å². The molecular formula is C16H28N4O. The van der Waals surface area contributed by atoms with Crippen LogP contribution in [0.3, 0.4) is 0 Å². The third kappa shape index (κ3) is 3.84. The molecule has 1 aliphatic rings. The highest BCUT2D eigenvalue weighted by Crippen LogP contribution is 2.28. The first-order valence-electron chi connectivity index (χ1n) is 8.24. The van der Waals surface area contributed by atoms with Gasteiger partial charge >= 0.3 is 0 Å². The van der Waals surface area contributed by atoms with Gasteiger partial charge in [0.25, 0.3) is 5.91 Å². The fourth-order valence-electron chi connectivity index (χ4n) is 3.24. The van der Waals surface area contributed by atoms with E-state index < -0.39 is 0 Å². The molecular weight excluding hydrogens is 264 g/mol. The number of nitrogens with one attached hydrogen (secondary N) is 1. The molecule has 5 nitrogen and oxygen atoms in total. The van der Waals surface area contributed by atoms with E-state index >= 15 is 0 Å². The summed E-state index contributed by atoms with van der Waals surface area (Å²) in [5, 5.41) is 7.52. The van der Waals surface area contributed by atoms with Crippen LogP contribution in [0, 0.1) is 11.8 Å². The van der Waals surface area contributed by atoms with Crippen molar-refractivity contribution in [3.05, 3.63) is 17.5 Å². The zero-order valence-corrected chi connectivity index (χ0v) is 13.3. The van der Waals surface area contributed by atoms with Gasteiger partial charge in [-0.3, -0.25) is 9.48 Å². The second-order valence-electron chi connectivity index (χ2n) is 5.94. The lowest BCUT2D eigenvalue weighted by Gasteiger charge is -2.30. The average Bonchev–Trinajstić information content (AvgIpc) is 2.96. The van der Waals surface area contributed by atoms with Crippen molar-refractivity contribution >= 4 is 5.91 Å². The minimum Gasteiger partial charge on any atom is -0.350 e. The second-order valence-corrected chi connectivity index (χ2v) is 5.94. The van der Waals surface area contributed by atoms with E-state index in [1.165, 1.54) is 25.7 Å². The number of carbonyl (C=O) groups is 1. The highest BCUT2D eigenvalue weighted by atomic mass is 16.2. The molecule has 5 heteroatoms. The Balaban J connectivity index is 1.96. The van der Waals surface area contributed by atoms with E-state index in [1.807, 2.05) is 13.0 Å². The summed E-state index contributed by atoms with van der Waals surface area (Å²) in [6.07, 6.45) is 5.75. The lowest BCUT2D eigenvalue weighted by molar-refractivity contribution is 0.0924. The van der Waals surface area contributed by atoms with Crippen molar-refractivity contribution in [3.63, 3.8) is 0 Å². The lowest BCUT2D eigenvalue weighted by atomic mass is 9.79. The van der Waals surface area contributed by atoms with Gasteiger partial charge in [-0.2, -0.15) is 5.10 Å². The van der Waals surface area contributed by atoms with Crippen LogP contribution in [0.4, 0.5) is 0 Å². The van der Waals surface area contributed by atoms with E-state index in [1.54, 1.807) is 4.68 Å². The van der Waals surface area contributed by atoms with Gasteiger partial charge in [0.15, 0.2) is 0 Å². The summed E-state index contributed by atoms with van der Waals surface area (Å²) in [4.78, 5) is 12.4. The third-order valence-electron chi connectivity index (χ3n) is 4.62. The third-order valence-corrected chi connectivity index (χ3v) is 4.62. The number of nitrogens with zero attached hydrogens (tertiary/aromatic N) is 2. The Morgan fingerprint density at radius 3 is 2.71 bits per heavy atom. The van der Waals surface area contributed by atoms with Gasteiger partial charge in [0, 0.05) is 13.1 Å². The molecule has 2 unspecified atom stereocenters. The van der Waals surface area contributed by atoms with Crippen LogP contribution in [0.1, 0.15) is 55.7 Å². The average molecular weight is 292 g/mol. The molecule has 2 rings (SSSR count). The van der Waals surface area contributed by atoms with Crippen molar-refractivity contribution in [3.8, 4) is 0 Å². The van der Waals surface area contributed by atoms with Gasteiger partial charge in [-0.1, -0.05) is 19.8 Å². The molecule has 1 aromatic heterocycles. The molecule has 1 aromatic rings. The number of amides is 1. The second kappa shape index (κ2) is 7.59. The number of hydrogen-bond donors (Lipinski definition) is 2. The maximum absolute atomic E-state index is 12.4. The van der Waals surface area contributed by atoms with Gasteiger partial charge in [0.2, 0.25) is 0 Å². The molecule has 0 aliphatic heterocycles. The summed E-state index contributed by atoms with van der Waals surface area (Å²) in [7, 11) is 0. The van der Waals surface area contributed by atoms with Crippen molar-refractivity contribution in [1.29, 1.82) is 0 Å². The molecule has 1 fully saturated rings. The highest BCUT2D eigenvalue weighted by molar-refractivity contribution is 5.92. The molecule has 0 bridgehead atoms.